The van der Waals surface area contributed by atoms with Crippen molar-refractivity contribution in [3.05, 3.63) is 36.4 Å². The molecular formula is C14H18N2O3S2. The number of anilines is 1. The highest BCUT2D eigenvalue weighted by molar-refractivity contribution is 7.89. The number of nitrogen functional groups attached to an aromatic ring is 1. The van der Waals surface area contributed by atoms with Gasteiger partial charge in [0.2, 0.25) is 10.0 Å². The van der Waals surface area contributed by atoms with Crippen LogP contribution in [0.25, 0.3) is 10.8 Å². The third-order valence-electron chi connectivity index (χ3n) is 3.05. The van der Waals surface area contributed by atoms with Crippen LogP contribution in [0.1, 0.15) is 6.42 Å². The van der Waals surface area contributed by atoms with Gasteiger partial charge in [0.1, 0.15) is 0 Å². The minimum atomic E-state index is -3.59. The van der Waals surface area contributed by atoms with E-state index in [0.717, 1.165) is 5.39 Å². The molecule has 0 radical (unpaired) electrons. The normalized spacial score (nSPS) is 13.4. The lowest BCUT2D eigenvalue weighted by Gasteiger charge is -2.09. The maximum absolute atomic E-state index is 12.4. The Morgan fingerprint density at radius 2 is 2.00 bits per heavy atom. The molecule has 2 rings (SSSR count). The summed E-state index contributed by atoms with van der Waals surface area (Å²) in [4.78, 5) is 0.234. The molecule has 0 aromatic heterocycles. The van der Waals surface area contributed by atoms with Crippen LogP contribution in [0.4, 0.5) is 5.69 Å². The molecule has 114 valence electrons. The van der Waals surface area contributed by atoms with Gasteiger partial charge in [0.25, 0.3) is 0 Å². The summed E-state index contributed by atoms with van der Waals surface area (Å²) in [5, 5.41) is 1.42. The Kier molecular flexibility index (Phi) is 4.97. The van der Waals surface area contributed by atoms with E-state index in [-0.39, 0.29) is 11.4 Å². The first kappa shape index (κ1) is 15.9. The molecule has 7 heteroatoms. The molecule has 0 saturated heterocycles. The average molecular weight is 326 g/mol. The summed E-state index contributed by atoms with van der Waals surface area (Å²) in [6, 6.07) is 10.2. The number of nitrogens with one attached hydrogen (secondary N) is 1. The van der Waals surface area contributed by atoms with E-state index in [0.29, 0.717) is 23.2 Å². The SMILES string of the molecule is CS(=O)CCCNS(=O)(=O)c1cccc2cc(N)ccc12. The zero-order valence-corrected chi connectivity index (χ0v) is 13.3. The lowest BCUT2D eigenvalue weighted by molar-refractivity contribution is 0.581. The predicted octanol–water partition coefficient (Wildman–Crippen LogP) is 1.47. The van der Waals surface area contributed by atoms with Gasteiger partial charge in [-0.1, -0.05) is 18.2 Å². The molecule has 3 N–H and O–H groups in total. The molecule has 5 nitrogen and oxygen atoms in total. The molecule has 1 atom stereocenters. The summed E-state index contributed by atoms with van der Waals surface area (Å²) in [7, 11) is -4.50. The van der Waals surface area contributed by atoms with Gasteiger partial charge >= 0.3 is 0 Å². The first-order chi connectivity index (χ1) is 9.90. The quantitative estimate of drug-likeness (QED) is 0.621. The summed E-state index contributed by atoms with van der Waals surface area (Å²) in [6.07, 6.45) is 2.14. The molecule has 0 heterocycles. The Labute approximate surface area is 127 Å². The molecule has 0 saturated carbocycles. The third kappa shape index (κ3) is 4.03. The molecule has 1 unspecified atom stereocenters. The van der Waals surface area contributed by atoms with Gasteiger partial charge < -0.3 is 5.73 Å². The highest BCUT2D eigenvalue weighted by atomic mass is 32.2. The van der Waals surface area contributed by atoms with E-state index in [1.807, 2.05) is 6.07 Å². The van der Waals surface area contributed by atoms with E-state index < -0.39 is 20.8 Å². The van der Waals surface area contributed by atoms with Crippen molar-refractivity contribution < 1.29 is 12.6 Å². The molecule has 0 fully saturated rings. The van der Waals surface area contributed by atoms with E-state index in [2.05, 4.69) is 4.72 Å². The molecule has 0 aliphatic rings. The second-order valence-electron chi connectivity index (χ2n) is 4.77. The lowest BCUT2D eigenvalue weighted by Crippen LogP contribution is -2.25. The number of hydrogen-bond donors (Lipinski definition) is 2. The average Bonchev–Trinajstić information content (AvgIpc) is 2.42. The maximum atomic E-state index is 12.4. The van der Waals surface area contributed by atoms with Gasteiger partial charge in [-0.05, 0) is 30.0 Å². The van der Waals surface area contributed by atoms with Gasteiger partial charge in [-0.2, -0.15) is 0 Å². The number of benzene rings is 2. The Morgan fingerprint density at radius 1 is 1.24 bits per heavy atom. The maximum Gasteiger partial charge on any atom is 0.241 e. The fraction of sp³-hybridized carbons (Fsp3) is 0.286. The van der Waals surface area contributed by atoms with Crippen molar-refractivity contribution in [1.29, 1.82) is 0 Å². The van der Waals surface area contributed by atoms with Crippen LogP contribution in [0, 0.1) is 0 Å². The molecular weight excluding hydrogens is 308 g/mol. The van der Waals surface area contributed by atoms with Gasteiger partial charge in [0.15, 0.2) is 0 Å². The van der Waals surface area contributed by atoms with Crippen molar-refractivity contribution in [2.75, 3.05) is 24.3 Å². The van der Waals surface area contributed by atoms with Gasteiger partial charge in [0, 0.05) is 40.4 Å². The summed E-state index contributed by atoms with van der Waals surface area (Å²) in [5.74, 6) is 0.481. The fourth-order valence-corrected chi connectivity index (χ4v) is 3.92. The number of rotatable bonds is 6. The van der Waals surface area contributed by atoms with Crippen molar-refractivity contribution in [2.24, 2.45) is 0 Å². The van der Waals surface area contributed by atoms with E-state index in [9.17, 15) is 12.6 Å². The number of fused-ring (bicyclic) bond motifs is 1. The van der Waals surface area contributed by atoms with Crippen LogP contribution in [-0.4, -0.2) is 31.2 Å². The number of sulfonamides is 1. The molecule has 21 heavy (non-hydrogen) atoms. The Balaban J connectivity index is 2.26. The van der Waals surface area contributed by atoms with Crippen molar-refractivity contribution >= 4 is 37.3 Å². The van der Waals surface area contributed by atoms with E-state index in [1.165, 1.54) is 0 Å². The van der Waals surface area contributed by atoms with Crippen molar-refractivity contribution in [2.45, 2.75) is 11.3 Å². The highest BCUT2D eigenvalue weighted by Crippen LogP contribution is 2.24. The molecule has 0 amide bonds. The molecule has 0 aliphatic heterocycles. The summed E-state index contributed by atoms with van der Waals surface area (Å²) >= 11 is 0. The lowest BCUT2D eigenvalue weighted by atomic mass is 10.1. The zero-order valence-electron chi connectivity index (χ0n) is 11.7. The molecule has 0 aliphatic carbocycles. The van der Waals surface area contributed by atoms with Crippen molar-refractivity contribution in [3.8, 4) is 0 Å². The van der Waals surface area contributed by atoms with E-state index in [4.69, 9.17) is 5.73 Å². The van der Waals surface area contributed by atoms with Crippen LogP contribution in [0.3, 0.4) is 0 Å². The van der Waals surface area contributed by atoms with Crippen LogP contribution in [0.15, 0.2) is 41.3 Å². The van der Waals surface area contributed by atoms with E-state index >= 15 is 0 Å². The molecule has 2 aromatic rings. The topological polar surface area (TPSA) is 89.3 Å². The fourth-order valence-electron chi connectivity index (χ4n) is 2.07. The molecule has 0 spiro atoms. The number of hydrogen-bond acceptors (Lipinski definition) is 4. The van der Waals surface area contributed by atoms with Gasteiger partial charge in [-0.15, -0.1) is 0 Å². The summed E-state index contributed by atoms with van der Waals surface area (Å²) in [5.41, 5.74) is 6.31. The van der Waals surface area contributed by atoms with Crippen LogP contribution in [0.2, 0.25) is 0 Å². The Morgan fingerprint density at radius 3 is 2.71 bits per heavy atom. The first-order valence-corrected chi connectivity index (χ1v) is 9.69. The van der Waals surface area contributed by atoms with Crippen LogP contribution in [0.5, 0.6) is 0 Å². The minimum Gasteiger partial charge on any atom is -0.399 e. The highest BCUT2D eigenvalue weighted by Gasteiger charge is 2.16. The van der Waals surface area contributed by atoms with Gasteiger partial charge in [-0.3, -0.25) is 4.21 Å². The van der Waals surface area contributed by atoms with Crippen LogP contribution < -0.4 is 10.5 Å². The van der Waals surface area contributed by atoms with E-state index in [1.54, 1.807) is 36.6 Å². The van der Waals surface area contributed by atoms with Crippen LogP contribution >= 0.6 is 0 Å². The van der Waals surface area contributed by atoms with Gasteiger partial charge in [0.05, 0.1) is 4.90 Å². The monoisotopic (exact) mass is 326 g/mol. The largest absolute Gasteiger partial charge is 0.399 e. The molecule has 0 bridgehead atoms. The summed E-state index contributed by atoms with van der Waals surface area (Å²) < 4.78 is 38.2. The predicted molar refractivity (Wildman–Crippen MR) is 87.1 cm³/mol. The zero-order chi connectivity index (χ0) is 15.5. The van der Waals surface area contributed by atoms with Crippen LogP contribution in [-0.2, 0) is 20.8 Å². The number of nitrogens with two attached hydrogens (primary N) is 1. The Bertz CT molecular complexity index is 773. The van der Waals surface area contributed by atoms with Crippen molar-refractivity contribution in [3.63, 3.8) is 0 Å². The second-order valence-corrected chi connectivity index (χ2v) is 8.06. The van der Waals surface area contributed by atoms with Crippen molar-refractivity contribution in [1.82, 2.24) is 4.72 Å². The molecule has 2 aromatic carbocycles. The standard InChI is InChI=1S/C14H18N2O3S2/c1-20(17)9-3-8-16-21(18,19)14-5-2-4-11-10-12(15)6-7-13(11)14/h2,4-7,10,16H,3,8-9,15H2,1H3. The smallest absolute Gasteiger partial charge is 0.241 e. The minimum absolute atomic E-state index is 0.234. The third-order valence-corrected chi connectivity index (χ3v) is 5.44. The van der Waals surface area contributed by atoms with Gasteiger partial charge in [-0.25, -0.2) is 13.1 Å². The Hall–Kier alpha value is -1.44. The first-order valence-electron chi connectivity index (χ1n) is 6.48. The summed E-state index contributed by atoms with van der Waals surface area (Å²) in [6.45, 7) is 0.271. The second kappa shape index (κ2) is 6.55.